The second kappa shape index (κ2) is 13.2. The fraction of sp³-hybridized carbons (Fsp3) is 0.882. The summed E-state index contributed by atoms with van der Waals surface area (Å²) in [7, 11) is 0. The van der Waals surface area contributed by atoms with E-state index in [1.165, 1.54) is 25.7 Å². The maximum Gasteiger partial charge on any atom is 0.407 e. The molecule has 0 unspecified atom stereocenters. The van der Waals surface area contributed by atoms with Crippen molar-refractivity contribution in [3.63, 3.8) is 0 Å². The topological polar surface area (TPSA) is 87.7 Å². The van der Waals surface area contributed by atoms with E-state index in [1.54, 1.807) is 0 Å². The molecule has 6 heteroatoms. The van der Waals surface area contributed by atoms with Crippen molar-refractivity contribution in [2.24, 2.45) is 0 Å². The van der Waals surface area contributed by atoms with Gasteiger partial charge in [-0.15, -0.1) is 0 Å². The van der Waals surface area contributed by atoms with Gasteiger partial charge in [0.25, 0.3) is 0 Å². The van der Waals surface area contributed by atoms with Crippen LogP contribution < -0.4 is 10.6 Å². The van der Waals surface area contributed by atoms with Crippen LogP contribution in [-0.4, -0.2) is 42.4 Å². The first-order chi connectivity index (χ1) is 10.8. The van der Waals surface area contributed by atoms with E-state index in [1.807, 2.05) is 20.8 Å². The molecule has 0 aliphatic heterocycles. The van der Waals surface area contributed by atoms with Crippen molar-refractivity contribution in [2.75, 3.05) is 19.6 Å². The molecule has 0 aromatic rings. The molecule has 0 spiro atoms. The summed E-state index contributed by atoms with van der Waals surface area (Å²) in [6.07, 6.45) is 8.77. The van der Waals surface area contributed by atoms with Crippen LogP contribution in [0.4, 0.5) is 4.79 Å². The number of ether oxygens (including phenoxy) is 1. The Bertz CT molecular complexity index is 327. The molecule has 6 nitrogen and oxygen atoms in total. The van der Waals surface area contributed by atoms with Crippen LogP contribution in [0.2, 0.25) is 0 Å². The molecule has 0 aromatic heterocycles. The molecule has 0 bridgehead atoms. The van der Waals surface area contributed by atoms with Crippen LogP contribution in [0.25, 0.3) is 0 Å². The van der Waals surface area contributed by atoms with Crippen LogP contribution in [0.5, 0.6) is 0 Å². The lowest BCUT2D eigenvalue weighted by atomic mass is 10.1. The number of unbranched alkanes of at least 4 members (excludes halogenated alkanes) is 7. The summed E-state index contributed by atoms with van der Waals surface area (Å²) in [5, 5.41) is 14.1. The summed E-state index contributed by atoms with van der Waals surface area (Å²) in [4.78, 5) is 21.7. The van der Waals surface area contributed by atoms with Gasteiger partial charge >= 0.3 is 12.1 Å². The minimum Gasteiger partial charge on any atom is -0.480 e. The molecule has 23 heavy (non-hydrogen) atoms. The lowest BCUT2D eigenvalue weighted by Crippen LogP contribution is -2.32. The number of carbonyl (C=O) groups is 2. The molecule has 0 saturated heterocycles. The van der Waals surface area contributed by atoms with Gasteiger partial charge in [0.05, 0.1) is 6.54 Å². The molecular weight excluding hydrogens is 296 g/mol. The van der Waals surface area contributed by atoms with Gasteiger partial charge in [-0.25, -0.2) is 4.79 Å². The Morgan fingerprint density at radius 3 is 1.83 bits per heavy atom. The van der Waals surface area contributed by atoms with Crippen molar-refractivity contribution in [2.45, 2.75) is 77.7 Å². The minimum absolute atomic E-state index is 0.0529. The van der Waals surface area contributed by atoms with Crippen molar-refractivity contribution in [3.05, 3.63) is 0 Å². The Kier molecular flexibility index (Phi) is 12.4. The largest absolute Gasteiger partial charge is 0.480 e. The number of carbonyl (C=O) groups excluding carboxylic acids is 1. The zero-order valence-electron chi connectivity index (χ0n) is 15.0. The van der Waals surface area contributed by atoms with E-state index in [0.717, 1.165) is 32.2 Å². The normalized spacial score (nSPS) is 11.3. The van der Waals surface area contributed by atoms with Gasteiger partial charge in [-0.3, -0.25) is 4.79 Å². The van der Waals surface area contributed by atoms with Gasteiger partial charge in [0, 0.05) is 6.54 Å². The molecule has 136 valence electrons. The van der Waals surface area contributed by atoms with Crippen molar-refractivity contribution >= 4 is 12.1 Å². The van der Waals surface area contributed by atoms with Crippen LogP contribution in [0.15, 0.2) is 0 Å². The van der Waals surface area contributed by atoms with Gasteiger partial charge in [0.15, 0.2) is 0 Å². The third-order valence-electron chi connectivity index (χ3n) is 3.22. The second-order valence-corrected chi connectivity index (χ2v) is 6.83. The first-order valence-corrected chi connectivity index (χ1v) is 8.70. The first kappa shape index (κ1) is 21.7. The number of hydrogen-bond acceptors (Lipinski definition) is 4. The highest BCUT2D eigenvalue weighted by Gasteiger charge is 2.15. The van der Waals surface area contributed by atoms with E-state index in [-0.39, 0.29) is 12.6 Å². The molecular formula is C17H34N2O4. The van der Waals surface area contributed by atoms with E-state index < -0.39 is 11.6 Å². The SMILES string of the molecule is CC(C)(C)OC(=O)NCCCCCCCCCCNCC(=O)O. The van der Waals surface area contributed by atoms with Gasteiger partial charge in [-0.05, 0) is 40.2 Å². The highest BCUT2D eigenvalue weighted by molar-refractivity contribution is 5.69. The molecule has 1 amide bonds. The molecule has 0 heterocycles. The minimum atomic E-state index is -0.800. The average molecular weight is 330 g/mol. The number of carboxylic acids is 1. The van der Waals surface area contributed by atoms with Crippen molar-refractivity contribution in [3.8, 4) is 0 Å². The number of amides is 1. The number of aliphatic carboxylic acids is 1. The van der Waals surface area contributed by atoms with Crippen LogP contribution in [0.1, 0.15) is 72.1 Å². The van der Waals surface area contributed by atoms with E-state index in [2.05, 4.69) is 10.6 Å². The van der Waals surface area contributed by atoms with Crippen molar-refractivity contribution < 1.29 is 19.4 Å². The lowest BCUT2D eigenvalue weighted by Gasteiger charge is -2.19. The molecule has 0 atom stereocenters. The number of nitrogens with one attached hydrogen (secondary N) is 2. The fourth-order valence-electron chi connectivity index (χ4n) is 2.14. The van der Waals surface area contributed by atoms with Crippen LogP contribution >= 0.6 is 0 Å². The maximum absolute atomic E-state index is 11.4. The molecule has 0 aliphatic rings. The van der Waals surface area contributed by atoms with Crippen LogP contribution in [0, 0.1) is 0 Å². The molecule has 0 fully saturated rings. The lowest BCUT2D eigenvalue weighted by molar-refractivity contribution is -0.135. The first-order valence-electron chi connectivity index (χ1n) is 8.70. The van der Waals surface area contributed by atoms with Crippen molar-refractivity contribution in [1.82, 2.24) is 10.6 Å². The Hall–Kier alpha value is -1.30. The summed E-state index contributed by atoms with van der Waals surface area (Å²) in [5.74, 6) is -0.800. The standard InChI is InChI=1S/C17H34N2O4/c1-17(2,3)23-16(22)19-13-11-9-7-5-4-6-8-10-12-18-14-15(20)21/h18H,4-14H2,1-3H3,(H,19,22)(H,20,21). The molecule has 3 N–H and O–H groups in total. The molecule has 0 aromatic carbocycles. The smallest absolute Gasteiger partial charge is 0.407 e. The zero-order chi connectivity index (χ0) is 17.6. The van der Waals surface area contributed by atoms with Gasteiger partial charge in [-0.2, -0.15) is 0 Å². The quantitative estimate of drug-likeness (QED) is 0.451. The second-order valence-electron chi connectivity index (χ2n) is 6.83. The fourth-order valence-corrected chi connectivity index (χ4v) is 2.14. The van der Waals surface area contributed by atoms with Gasteiger partial charge in [-0.1, -0.05) is 38.5 Å². The maximum atomic E-state index is 11.4. The monoisotopic (exact) mass is 330 g/mol. The van der Waals surface area contributed by atoms with E-state index in [4.69, 9.17) is 9.84 Å². The summed E-state index contributed by atoms with van der Waals surface area (Å²) in [6, 6.07) is 0. The molecule has 0 aliphatic carbocycles. The highest BCUT2D eigenvalue weighted by atomic mass is 16.6. The zero-order valence-corrected chi connectivity index (χ0v) is 15.0. The average Bonchev–Trinajstić information content (AvgIpc) is 2.41. The van der Waals surface area contributed by atoms with Gasteiger partial charge in [0.2, 0.25) is 0 Å². The van der Waals surface area contributed by atoms with Crippen LogP contribution in [0.3, 0.4) is 0 Å². The van der Waals surface area contributed by atoms with Gasteiger partial charge in [0.1, 0.15) is 5.60 Å². The summed E-state index contributed by atoms with van der Waals surface area (Å²) in [6.45, 7) is 7.07. The Labute approximate surface area is 140 Å². The predicted molar refractivity (Wildman–Crippen MR) is 91.7 cm³/mol. The Balaban J connectivity index is 3.19. The van der Waals surface area contributed by atoms with E-state index >= 15 is 0 Å². The van der Waals surface area contributed by atoms with Gasteiger partial charge < -0.3 is 20.5 Å². The Morgan fingerprint density at radius 2 is 1.35 bits per heavy atom. The third kappa shape index (κ3) is 18.7. The number of rotatable bonds is 13. The number of alkyl carbamates (subject to hydrolysis) is 1. The number of hydrogen-bond donors (Lipinski definition) is 3. The summed E-state index contributed by atoms with van der Waals surface area (Å²) in [5.41, 5.74) is -0.437. The third-order valence-corrected chi connectivity index (χ3v) is 3.22. The van der Waals surface area contributed by atoms with E-state index in [0.29, 0.717) is 6.54 Å². The molecule has 0 radical (unpaired) electrons. The number of carboxylic acid groups (broad SMARTS) is 1. The highest BCUT2D eigenvalue weighted by Crippen LogP contribution is 2.09. The summed E-state index contributed by atoms with van der Waals surface area (Å²) >= 11 is 0. The van der Waals surface area contributed by atoms with E-state index in [9.17, 15) is 9.59 Å². The van der Waals surface area contributed by atoms with Crippen molar-refractivity contribution in [1.29, 1.82) is 0 Å². The summed E-state index contributed by atoms with van der Waals surface area (Å²) < 4.78 is 5.16. The predicted octanol–water partition coefficient (Wildman–Crippen LogP) is 3.31. The van der Waals surface area contributed by atoms with Crippen LogP contribution in [-0.2, 0) is 9.53 Å². The Morgan fingerprint density at radius 1 is 0.870 bits per heavy atom. The molecule has 0 rings (SSSR count). The molecule has 0 saturated carbocycles.